The Morgan fingerprint density at radius 1 is 1.50 bits per heavy atom. The van der Waals surface area contributed by atoms with Gasteiger partial charge in [0.05, 0.1) is 11.6 Å². The maximum Gasteiger partial charge on any atom is 0.272 e. The predicted molar refractivity (Wildman–Crippen MR) is 76.4 cm³/mol. The zero-order valence-electron chi connectivity index (χ0n) is 11.0. The van der Waals surface area contributed by atoms with Gasteiger partial charge in [0.1, 0.15) is 11.8 Å². The van der Waals surface area contributed by atoms with E-state index in [1.807, 2.05) is 17.9 Å². The second-order valence-corrected chi connectivity index (χ2v) is 5.77. The van der Waals surface area contributed by atoms with Crippen LogP contribution < -0.4 is 0 Å². The van der Waals surface area contributed by atoms with Crippen LogP contribution in [0.1, 0.15) is 39.5 Å². The topological polar surface area (TPSA) is 57.0 Å². The van der Waals surface area contributed by atoms with Crippen molar-refractivity contribution in [1.29, 1.82) is 5.26 Å². The Hall–Kier alpha value is -2.19. The number of rotatable bonds is 1. The number of hydrogen-bond donors (Lipinski definition) is 0. The standard InChI is InChI=1S/C15H13N3OS/c1-10-12-5-7-20-14(12)4-6-18(10)15(19)13-3-2-11(8-16)9-17-13/h2-3,5,7,9-10H,4,6H2,1H3. The smallest absolute Gasteiger partial charge is 0.272 e. The molecule has 3 heterocycles. The summed E-state index contributed by atoms with van der Waals surface area (Å²) in [6, 6.07) is 7.43. The summed E-state index contributed by atoms with van der Waals surface area (Å²) < 4.78 is 0. The van der Waals surface area contributed by atoms with Crippen molar-refractivity contribution < 1.29 is 4.79 Å². The van der Waals surface area contributed by atoms with E-state index >= 15 is 0 Å². The molecule has 20 heavy (non-hydrogen) atoms. The van der Waals surface area contributed by atoms with Gasteiger partial charge in [0.15, 0.2) is 0 Å². The van der Waals surface area contributed by atoms with Gasteiger partial charge >= 0.3 is 0 Å². The fourth-order valence-electron chi connectivity index (χ4n) is 2.52. The van der Waals surface area contributed by atoms with Crippen LogP contribution in [0.25, 0.3) is 0 Å². The van der Waals surface area contributed by atoms with Crippen molar-refractivity contribution >= 4 is 17.2 Å². The molecule has 4 nitrogen and oxygen atoms in total. The highest BCUT2D eigenvalue weighted by Gasteiger charge is 2.29. The summed E-state index contributed by atoms with van der Waals surface area (Å²) in [5.41, 5.74) is 2.10. The molecule has 1 atom stereocenters. The molecule has 0 fully saturated rings. The normalized spacial score (nSPS) is 17.4. The lowest BCUT2D eigenvalue weighted by molar-refractivity contribution is 0.0673. The van der Waals surface area contributed by atoms with E-state index in [4.69, 9.17) is 5.26 Å². The lowest BCUT2D eigenvalue weighted by Crippen LogP contribution is -2.38. The molecule has 1 amide bonds. The maximum atomic E-state index is 12.5. The molecule has 0 radical (unpaired) electrons. The number of fused-ring (bicyclic) bond motifs is 1. The van der Waals surface area contributed by atoms with Crippen molar-refractivity contribution in [2.45, 2.75) is 19.4 Å². The summed E-state index contributed by atoms with van der Waals surface area (Å²) >= 11 is 1.75. The van der Waals surface area contributed by atoms with E-state index in [-0.39, 0.29) is 11.9 Å². The van der Waals surface area contributed by atoms with E-state index in [0.29, 0.717) is 11.3 Å². The van der Waals surface area contributed by atoms with Gasteiger partial charge in [-0.1, -0.05) is 0 Å². The Kier molecular flexibility index (Phi) is 3.25. The van der Waals surface area contributed by atoms with Gasteiger partial charge in [-0.3, -0.25) is 4.79 Å². The highest BCUT2D eigenvalue weighted by molar-refractivity contribution is 7.10. The van der Waals surface area contributed by atoms with E-state index in [9.17, 15) is 4.79 Å². The van der Waals surface area contributed by atoms with Crippen LogP contribution in [0.5, 0.6) is 0 Å². The third-order valence-electron chi connectivity index (χ3n) is 3.65. The second kappa shape index (κ2) is 5.06. The van der Waals surface area contributed by atoms with Crippen molar-refractivity contribution in [3.05, 3.63) is 51.5 Å². The SMILES string of the molecule is CC1c2ccsc2CCN1C(=O)c1ccc(C#N)cn1. The number of nitriles is 1. The van der Waals surface area contributed by atoms with Crippen LogP contribution in [0.2, 0.25) is 0 Å². The van der Waals surface area contributed by atoms with Crippen molar-refractivity contribution in [2.75, 3.05) is 6.54 Å². The summed E-state index contributed by atoms with van der Waals surface area (Å²) in [5, 5.41) is 10.8. The van der Waals surface area contributed by atoms with Gasteiger partial charge in [-0.05, 0) is 42.5 Å². The number of thiophene rings is 1. The van der Waals surface area contributed by atoms with Crippen LogP contribution in [-0.4, -0.2) is 22.3 Å². The zero-order chi connectivity index (χ0) is 14.1. The van der Waals surface area contributed by atoms with Crippen LogP contribution in [0.15, 0.2) is 29.8 Å². The molecule has 0 spiro atoms. The van der Waals surface area contributed by atoms with Gasteiger partial charge in [0.25, 0.3) is 5.91 Å². The Balaban J connectivity index is 1.86. The van der Waals surface area contributed by atoms with Gasteiger partial charge in [0.2, 0.25) is 0 Å². The summed E-state index contributed by atoms with van der Waals surface area (Å²) in [6.07, 6.45) is 2.34. The number of aromatic nitrogens is 1. The molecule has 2 aromatic heterocycles. The monoisotopic (exact) mass is 283 g/mol. The molecular weight excluding hydrogens is 270 g/mol. The molecule has 1 aliphatic rings. The van der Waals surface area contributed by atoms with Crippen molar-refractivity contribution in [2.24, 2.45) is 0 Å². The Morgan fingerprint density at radius 3 is 3.05 bits per heavy atom. The minimum atomic E-state index is -0.0705. The van der Waals surface area contributed by atoms with Crippen molar-refractivity contribution in [1.82, 2.24) is 9.88 Å². The minimum Gasteiger partial charge on any atom is -0.330 e. The Labute approximate surface area is 121 Å². The molecule has 0 saturated carbocycles. The van der Waals surface area contributed by atoms with Crippen LogP contribution in [0, 0.1) is 11.3 Å². The fraction of sp³-hybridized carbons (Fsp3) is 0.267. The summed E-state index contributed by atoms with van der Waals surface area (Å²) in [7, 11) is 0. The second-order valence-electron chi connectivity index (χ2n) is 4.77. The molecule has 5 heteroatoms. The van der Waals surface area contributed by atoms with Crippen LogP contribution >= 0.6 is 11.3 Å². The summed E-state index contributed by atoms with van der Waals surface area (Å²) in [6.45, 7) is 2.77. The Bertz CT molecular complexity index is 684. The molecule has 0 aliphatic carbocycles. The molecule has 0 N–H and O–H groups in total. The average Bonchev–Trinajstić information content (AvgIpc) is 2.96. The maximum absolute atomic E-state index is 12.5. The minimum absolute atomic E-state index is 0.0705. The van der Waals surface area contributed by atoms with E-state index in [0.717, 1.165) is 13.0 Å². The third kappa shape index (κ3) is 2.08. The molecule has 0 saturated heterocycles. The van der Waals surface area contributed by atoms with E-state index in [2.05, 4.69) is 16.4 Å². The lowest BCUT2D eigenvalue weighted by Gasteiger charge is -2.33. The van der Waals surface area contributed by atoms with E-state index < -0.39 is 0 Å². The van der Waals surface area contributed by atoms with Gasteiger partial charge in [-0.25, -0.2) is 4.98 Å². The highest BCUT2D eigenvalue weighted by Crippen LogP contribution is 2.33. The lowest BCUT2D eigenvalue weighted by atomic mass is 10.0. The number of pyridine rings is 1. The third-order valence-corrected chi connectivity index (χ3v) is 4.65. The number of hydrogen-bond acceptors (Lipinski definition) is 4. The average molecular weight is 283 g/mol. The van der Waals surface area contributed by atoms with Crippen molar-refractivity contribution in [3.8, 4) is 6.07 Å². The van der Waals surface area contributed by atoms with Crippen LogP contribution in [-0.2, 0) is 6.42 Å². The first kappa shape index (κ1) is 12.8. The quantitative estimate of drug-likeness (QED) is 0.808. The largest absolute Gasteiger partial charge is 0.330 e. The zero-order valence-corrected chi connectivity index (χ0v) is 11.9. The molecule has 100 valence electrons. The number of amides is 1. The number of carbonyl (C=O) groups is 1. The van der Waals surface area contributed by atoms with E-state index in [1.54, 1.807) is 23.5 Å². The van der Waals surface area contributed by atoms with Crippen LogP contribution in [0.4, 0.5) is 0 Å². The molecule has 2 aromatic rings. The number of carbonyl (C=O) groups excluding carboxylic acids is 1. The molecule has 3 rings (SSSR count). The van der Waals surface area contributed by atoms with Crippen LogP contribution in [0.3, 0.4) is 0 Å². The first-order valence-electron chi connectivity index (χ1n) is 6.44. The van der Waals surface area contributed by atoms with Crippen molar-refractivity contribution in [3.63, 3.8) is 0 Å². The first-order chi connectivity index (χ1) is 9.70. The molecular formula is C15H13N3OS. The fourth-order valence-corrected chi connectivity index (χ4v) is 3.48. The predicted octanol–water partition coefficient (Wildman–Crippen LogP) is 2.77. The number of nitrogens with zero attached hydrogens (tertiary/aromatic N) is 3. The van der Waals surface area contributed by atoms with Gasteiger partial charge in [0, 0.05) is 17.6 Å². The Morgan fingerprint density at radius 2 is 2.35 bits per heavy atom. The summed E-state index contributed by atoms with van der Waals surface area (Å²) in [5.74, 6) is -0.0705. The first-order valence-corrected chi connectivity index (χ1v) is 7.32. The van der Waals surface area contributed by atoms with Gasteiger partial charge in [-0.2, -0.15) is 5.26 Å². The molecule has 0 bridgehead atoms. The molecule has 1 aliphatic heterocycles. The molecule has 0 aromatic carbocycles. The summed E-state index contributed by atoms with van der Waals surface area (Å²) in [4.78, 5) is 19.8. The van der Waals surface area contributed by atoms with E-state index in [1.165, 1.54) is 16.6 Å². The van der Waals surface area contributed by atoms with Gasteiger partial charge < -0.3 is 4.90 Å². The van der Waals surface area contributed by atoms with Gasteiger partial charge in [-0.15, -0.1) is 11.3 Å². The highest BCUT2D eigenvalue weighted by atomic mass is 32.1. The molecule has 1 unspecified atom stereocenters.